The molecule has 3 aromatic rings. The Labute approximate surface area is 186 Å². The van der Waals surface area contributed by atoms with Crippen LogP contribution in [-0.4, -0.2) is 72.1 Å². The zero-order valence-corrected chi connectivity index (χ0v) is 18.4. The predicted octanol–water partition coefficient (Wildman–Crippen LogP) is 3.35. The molecule has 0 atom stereocenters. The van der Waals surface area contributed by atoms with E-state index in [2.05, 4.69) is 15.3 Å². The summed E-state index contributed by atoms with van der Waals surface area (Å²) in [5.41, 5.74) is 2.05. The van der Waals surface area contributed by atoms with Gasteiger partial charge in [0.2, 0.25) is 5.88 Å². The summed E-state index contributed by atoms with van der Waals surface area (Å²) in [4.78, 5) is 35.4. The first-order valence-electron chi connectivity index (χ1n) is 10.5. The Morgan fingerprint density at radius 1 is 1.16 bits per heavy atom. The average molecular weight is 438 g/mol. The fourth-order valence-electron chi connectivity index (χ4n) is 3.63. The molecule has 0 bridgehead atoms. The number of hydrogen-bond donors (Lipinski definition) is 2. The number of carbonyl (C=O) groups excluding carboxylic acids is 2. The molecule has 0 saturated carbocycles. The van der Waals surface area contributed by atoms with E-state index in [0.717, 1.165) is 29.5 Å². The zero-order chi connectivity index (χ0) is 22.7. The lowest BCUT2D eigenvalue weighted by Crippen LogP contribution is -2.42. The highest BCUT2D eigenvalue weighted by atomic mass is 16.5. The van der Waals surface area contributed by atoms with E-state index in [-0.39, 0.29) is 18.0 Å². The van der Waals surface area contributed by atoms with Crippen molar-refractivity contribution in [2.45, 2.75) is 18.9 Å². The number of benzene rings is 1. The van der Waals surface area contributed by atoms with Crippen LogP contribution in [-0.2, 0) is 0 Å². The van der Waals surface area contributed by atoms with Crippen LogP contribution in [0.3, 0.4) is 0 Å². The van der Waals surface area contributed by atoms with Crippen LogP contribution < -0.4 is 14.8 Å². The maximum absolute atomic E-state index is 12.9. The molecule has 2 N–H and O–H groups in total. The summed E-state index contributed by atoms with van der Waals surface area (Å²) in [6.45, 7) is 1.22. The fourth-order valence-corrected chi connectivity index (χ4v) is 3.63. The average Bonchev–Trinajstić information content (AvgIpc) is 3.23. The normalized spacial score (nSPS) is 14.3. The number of nitrogens with zero attached hydrogens (tertiary/aromatic N) is 3. The van der Waals surface area contributed by atoms with Gasteiger partial charge in [0.25, 0.3) is 5.91 Å². The van der Waals surface area contributed by atoms with E-state index in [0.29, 0.717) is 30.4 Å². The molecule has 1 saturated heterocycles. The van der Waals surface area contributed by atoms with Gasteiger partial charge < -0.3 is 29.6 Å². The third-order valence-electron chi connectivity index (χ3n) is 5.47. The molecule has 1 fully saturated rings. The number of ether oxygens (including phenoxy) is 2. The van der Waals surface area contributed by atoms with Crippen LogP contribution in [0.25, 0.3) is 10.9 Å². The van der Waals surface area contributed by atoms with Gasteiger partial charge in [0.1, 0.15) is 17.5 Å². The second-order valence-corrected chi connectivity index (χ2v) is 7.96. The van der Waals surface area contributed by atoms with Crippen LogP contribution in [0.15, 0.2) is 42.6 Å². The number of urea groups is 1. The maximum Gasteiger partial charge on any atom is 0.321 e. The summed E-state index contributed by atoms with van der Waals surface area (Å²) in [6.07, 6.45) is 3.00. The molecule has 32 heavy (non-hydrogen) atoms. The van der Waals surface area contributed by atoms with E-state index < -0.39 is 0 Å². The van der Waals surface area contributed by atoms with Crippen LogP contribution in [0, 0.1) is 0 Å². The van der Waals surface area contributed by atoms with Gasteiger partial charge in [0, 0.05) is 63.1 Å². The zero-order valence-electron chi connectivity index (χ0n) is 18.4. The summed E-state index contributed by atoms with van der Waals surface area (Å²) >= 11 is 0. The van der Waals surface area contributed by atoms with Gasteiger partial charge in [0.15, 0.2) is 0 Å². The lowest BCUT2D eigenvalue weighted by molar-refractivity contribution is 0.0583. The minimum Gasteiger partial charge on any atom is -0.497 e. The molecule has 4 rings (SSSR count). The topological polar surface area (TPSA) is 99.8 Å². The monoisotopic (exact) mass is 437 g/mol. The van der Waals surface area contributed by atoms with Gasteiger partial charge in [-0.05, 0) is 24.3 Å². The number of rotatable bonds is 5. The van der Waals surface area contributed by atoms with Crippen molar-refractivity contribution in [3.8, 4) is 11.6 Å². The highest BCUT2D eigenvalue weighted by molar-refractivity contribution is 5.98. The van der Waals surface area contributed by atoms with Gasteiger partial charge in [0.05, 0.1) is 19.0 Å². The molecule has 2 aromatic heterocycles. The molecule has 0 spiro atoms. The van der Waals surface area contributed by atoms with Crippen LogP contribution >= 0.6 is 0 Å². The van der Waals surface area contributed by atoms with Gasteiger partial charge in [-0.3, -0.25) is 4.79 Å². The number of H-pyrrole nitrogens is 1. The number of hydrogen-bond acceptors (Lipinski definition) is 5. The van der Waals surface area contributed by atoms with Crippen molar-refractivity contribution < 1.29 is 19.1 Å². The SMILES string of the molecule is COc1ccc2cc(C(=O)N3CCC(Oc4ccc(NC(=O)N(C)C)cn4)CC3)[nH]c2c1. The largest absolute Gasteiger partial charge is 0.497 e. The van der Waals surface area contributed by atoms with Gasteiger partial charge in [-0.15, -0.1) is 0 Å². The number of likely N-dealkylation sites (tertiary alicyclic amines) is 1. The van der Waals surface area contributed by atoms with E-state index in [9.17, 15) is 9.59 Å². The molecule has 9 nitrogen and oxygen atoms in total. The van der Waals surface area contributed by atoms with E-state index in [1.807, 2.05) is 29.2 Å². The Bertz CT molecular complexity index is 1100. The standard InChI is InChI=1S/C23H27N5O4/c1-27(2)23(30)25-16-5-7-21(24-14-16)32-17-8-10-28(11-9-17)22(29)20-12-15-4-6-18(31-3)13-19(15)26-20/h4-7,12-14,17,26H,8-11H2,1-3H3,(H,25,30). The molecule has 0 unspecified atom stereocenters. The van der Waals surface area contributed by atoms with Crippen LogP contribution in [0.4, 0.5) is 10.5 Å². The molecule has 1 aliphatic rings. The third kappa shape index (κ3) is 4.77. The Balaban J connectivity index is 1.31. The number of carbonyl (C=O) groups is 2. The molecule has 3 amide bonds. The first kappa shape index (κ1) is 21.5. The lowest BCUT2D eigenvalue weighted by Gasteiger charge is -2.31. The molecule has 0 aliphatic carbocycles. The molecule has 1 aliphatic heterocycles. The first-order valence-corrected chi connectivity index (χ1v) is 10.5. The predicted molar refractivity (Wildman–Crippen MR) is 121 cm³/mol. The molecular weight excluding hydrogens is 410 g/mol. The number of aromatic nitrogens is 2. The van der Waals surface area contributed by atoms with Crippen molar-refractivity contribution in [2.24, 2.45) is 0 Å². The van der Waals surface area contributed by atoms with Crippen molar-refractivity contribution in [1.29, 1.82) is 0 Å². The smallest absolute Gasteiger partial charge is 0.321 e. The highest BCUT2D eigenvalue weighted by Gasteiger charge is 2.26. The molecular formula is C23H27N5O4. The van der Waals surface area contributed by atoms with E-state index in [4.69, 9.17) is 9.47 Å². The number of amides is 3. The van der Waals surface area contributed by atoms with Crippen LogP contribution in [0.2, 0.25) is 0 Å². The summed E-state index contributed by atoms with van der Waals surface area (Å²) < 4.78 is 11.2. The summed E-state index contributed by atoms with van der Waals surface area (Å²) in [6, 6.07) is 10.9. The van der Waals surface area contributed by atoms with Gasteiger partial charge in [-0.25, -0.2) is 9.78 Å². The number of nitrogens with one attached hydrogen (secondary N) is 2. The number of methoxy groups -OCH3 is 1. The Morgan fingerprint density at radius 2 is 1.94 bits per heavy atom. The second-order valence-electron chi connectivity index (χ2n) is 7.96. The number of piperidine rings is 1. The fraction of sp³-hybridized carbons (Fsp3) is 0.348. The summed E-state index contributed by atoms with van der Waals surface area (Å²) in [5.74, 6) is 1.23. The van der Waals surface area contributed by atoms with Gasteiger partial charge >= 0.3 is 6.03 Å². The van der Waals surface area contributed by atoms with Crippen molar-refractivity contribution in [1.82, 2.24) is 19.8 Å². The lowest BCUT2D eigenvalue weighted by atomic mass is 10.1. The van der Waals surface area contributed by atoms with E-state index >= 15 is 0 Å². The molecule has 168 valence electrons. The number of fused-ring (bicyclic) bond motifs is 1. The minimum absolute atomic E-state index is 0.0132. The number of pyridine rings is 1. The maximum atomic E-state index is 12.9. The number of anilines is 1. The van der Waals surface area contributed by atoms with Crippen molar-refractivity contribution in [3.05, 3.63) is 48.3 Å². The van der Waals surface area contributed by atoms with Crippen molar-refractivity contribution >= 4 is 28.5 Å². The van der Waals surface area contributed by atoms with E-state index in [1.165, 1.54) is 4.90 Å². The Morgan fingerprint density at radius 3 is 2.59 bits per heavy atom. The number of aromatic amines is 1. The second kappa shape index (κ2) is 9.17. The Kier molecular flexibility index (Phi) is 6.16. The van der Waals surface area contributed by atoms with Crippen LogP contribution in [0.5, 0.6) is 11.6 Å². The highest BCUT2D eigenvalue weighted by Crippen LogP contribution is 2.24. The molecule has 9 heteroatoms. The first-order chi connectivity index (χ1) is 15.4. The molecule has 0 radical (unpaired) electrons. The third-order valence-corrected chi connectivity index (χ3v) is 5.47. The molecule has 3 heterocycles. The summed E-state index contributed by atoms with van der Waals surface area (Å²) in [7, 11) is 4.97. The Hall–Kier alpha value is -3.75. The van der Waals surface area contributed by atoms with Crippen molar-refractivity contribution in [3.63, 3.8) is 0 Å². The van der Waals surface area contributed by atoms with Crippen molar-refractivity contribution in [2.75, 3.05) is 39.6 Å². The summed E-state index contributed by atoms with van der Waals surface area (Å²) in [5, 5.41) is 3.71. The van der Waals surface area contributed by atoms with Crippen LogP contribution in [0.1, 0.15) is 23.3 Å². The van der Waals surface area contributed by atoms with Gasteiger partial charge in [-0.1, -0.05) is 0 Å². The molecule has 1 aromatic carbocycles. The quantitative estimate of drug-likeness (QED) is 0.638. The van der Waals surface area contributed by atoms with E-state index in [1.54, 1.807) is 39.5 Å². The minimum atomic E-state index is -0.216. The van der Waals surface area contributed by atoms with Gasteiger partial charge in [-0.2, -0.15) is 0 Å².